The molecule has 0 aliphatic carbocycles. The van der Waals surface area contributed by atoms with Crippen LogP contribution in [0.25, 0.3) is 0 Å². The van der Waals surface area contributed by atoms with E-state index in [1.54, 1.807) is 17.0 Å². The smallest absolute Gasteiger partial charge is 0.312 e. The maximum atomic E-state index is 12.4. The molecule has 21 heavy (non-hydrogen) atoms. The minimum atomic E-state index is -4.91. The van der Waals surface area contributed by atoms with Crippen molar-refractivity contribution in [1.29, 1.82) is 0 Å². The highest BCUT2D eigenvalue weighted by Gasteiger charge is 2.41. The molecule has 0 atom stereocenters. The molecule has 1 heterocycles. The Morgan fingerprint density at radius 1 is 1.19 bits per heavy atom. The average molecular weight is 300 g/mol. The Morgan fingerprint density at radius 3 is 2.33 bits per heavy atom. The van der Waals surface area contributed by atoms with Crippen LogP contribution in [0.3, 0.4) is 0 Å². The van der Waals surface area contributed by atoms with Crippen LogP contribution < -0.4 is 9.80 Å². The first-order valence-electron chi connectivity index (χ1n) is 6.56. The standard InChI is InChI=1S/C14H15F3N2O2/c1-18(13(21)14(15,16)17)10-5-7-11(8-6-10)19-9-3-2-4-12(19)20/h5-8H,2-4,9H2,1H3. The number of rotatable bonds is 2. The molecule has 0 radical (unpaired) electrons. The molecule has 1 aromatic carbocycles. The number of amides is 2. The number of nitrogens with zero attached hydrogens (tertiary/aromatic N) is 2. The molecule has 0 aromatic heterocycles. The van der Waals surface area contributed by atoms with E-state index in [9.17, 15) is 22.8 Å². The monoisotopic (exact) mass is 300 g/mol. The van der Waals surface area contributed by atoms with E-state index in [1.807, 2.05) is 0 Å². The molecule has 2 amide bonds. The van der Waals surface area contributed by atoms with Gasteiger partial charge >= 0.3 is 12.1 Å². The zero-order valence-electron chi connectivity index (χ0n) is 11.5. The molecule has 4 nitrogen and oxygen atoms in total. The van der Waals surface area contributed by atoms with Gasteiger partial charge < -0.3 is 9.80 Å². The first-order chi connectivity index (χ1) is 9.80. The van der Waals surface area contributed by atoms with Crippen molar-refractivity contribution in [1.82, 2.24) is 0 Å². The van der Waals surface area contributed by atoms with Crippen LogP contribution in [0, 0.1) is 0 Å². The quantitative estimate of drug-likeness (QED) is 0.842. The summed E-state index contributed by atoms with van der Waals surface area (Å²) in [6, 6.07) is 5.92. The second-order valence-electron chi connectivity index (χ2n) is 4.88. The van der Waals surface area contributed by atoms with Crippen LogP contribution in [0.15, 0.2) is 24.3 Å². The Morgan fingerprint density at radius 2 is 1.81 bits per heavy atom. The number of carbonyl (C=O) groups is 2. The maximum absolute atomic E-state index is 12.4. The number of anilines is 2. The molecule has 0 saturated carbocycles. The second kappa shape index (κ2) is 5.75. The van der Waals surface area contributed by atoms with E-state index in [0.29, 0.717) is 23.6 Å². The normalized spacial score (nSPS) is 16.0. The SMILES string of the molecule is CN(C(=O)C(F)(F)F)c1ccc(N2CCCCC2=O)cc1. The van der Waals surface area contributed by atoms with Crippen LogP contribution in [0.2, 0.25) is 0 Å². The number of halogens is 3. The van der Waals surface area contributed by atoms with E-state index < -0.39 is 12.1 Å². The maximum Gasteiger partial charge on any atom is 0.471 e. The molecule has 114 valence electrons. The zero-order chi connectivity index (χ0) is 15.6. The fourth-order valence-corrected chi connectivity index (χ4v) is 2.24. The highest BCUT2D eigenvalue weighted by atomic mass is 19.4. The highest BCUT2D eigenvalue weighted by molar-refractivity contribution is 5.97. The molecular formula is C14H15F3N2O2. The summed E-state index contributed by atoms with van der Waals surface area (Å²) in [7, 11) is 1.07. The summed E-state index contributed by atoms with van der Waals surface area (Å²) < 4.78 is 37.1. The molecule has 0 N–H and O–H groups in total. The van der Waals surface area contributed by atoms with E-state index in [1.165, 1.54) is 12.1 Å². The molecule has 0 spiro atoms. The summed E-state index contributed by atoms with van der Waals surface area (Å²) in [5.41, 5.74) is 0.766. The van der Waals surface area contributed by atoms with Crippen LogP contribution >= 0.6 is 0 Å². The number of carbonyl (C=O) groups excluding carboxylic acids is 2. The summed E-state index contributed by atoms with van der Waals surface area (Å²) in [5, 5.41) is 0. The van der Waals surface area contributed by atoms with Gasteiger partial charge in [-0.2, -0.15) is 13.2 Å². The van der Waals surface area contributed by atoms with Crippen molar-refractivity contribution in [2.24, 2.45) is 0 Å². The van der Waals surface area contributed by atoms with Gasteiger partial charge in [0.15, 0.2) is 0 Å². The van der Waals surface area contributed by atoms with Crippen molar-refractivity contribution in [3.05, 3.63) is 24.3 Å². The Balaban J connectivity index is 2.15. The Bertz CT molecular complexity index is 540. The highest BCUT2D eigenvalue weighted by Crippen LogP contribution is 2.26. The van der Waals surface area contributed by atoms with Gasteiger partial charge in [-0.3, -0.25) is 9.59 Å². The lowest BCUT2D eigenvalue weighted by Crippen LogP contribution is -2.38. The number of piperidine rings is 1. The summed E-state index contributed by atoms with van der Waals surface area (Å²) in [4.78, 5) is 25.1. The molecule has 1 fully saturated rings. The summed E-state index contributed by atoms with van der Waals surface area (Å²) in [6.45, 7) is 0.607. The predicted octanol–water partition coefficient (Wildman–Crippen LogP) is 2.73. The Hall–Kier alpha value is -2.05. The van der Waals surface area contributed by atoms with Crippen LogP contribution in [0.5, 0.6) is 0 Å². The third-order valence-electron chi connectivity index (χ3n) is 3.42. The topological polar surface area (TPSA) is 40.6 Å². The van der Waals surface area contributed by atoms with Crippen LogP contribution in [-0.2, 0) is 9.59 Å². The van der Waals surface area contributed by atoms with Crippen LogP contribution in [0.1, 0.15) is 19.3 Å². The zero-order valence-corrected chi connectivity index (χ0v) is 11.5. The molecule has 2 rings (SSSR count). The van der Waals surface area contributed by atoms with Gasteiger partial charge in [0.1, 0.15) is 0 Å². The van der Waals surface area contributed by atoms with Crippen LogP contribution in [-0.4, -0.2) is 31.6 Å². The summed E-state index contributed by atoms with van der Waals surface area (Å²) in [5.74, 6) is -1.92. The summed E-state index contributed by atoms with van der Waals surface area (Å²) in [6.07, 6.45) is -2.67. The fraction of sp³-hybridized carbons (Fsp3) is 0.429. The third kappa shape index (κ3) is 3.34. The summed E-state index contributed by atoms with van der Waals surface area (Å²) >= 11 is 0. The van der Waals surface area contributed by atoms with Crippen molar-refractivity contribution in [3.63, 3.8) is 0 Å². The van der Waals surface area contributed by atoms with Crippen molar-refractivity contribution in [3.8, 4) is 0 Å². The van der Waals surface area contributed by atoms with Crippen LogP contribution in [0.4, 0.5) is 24.5 Å². The van der Waals surface area contributed by atoms with Gasteiger partial charge in [0.05, 0.1) is 0 Å². The molecule has 1 saturated heterocycles. The van der Waals surface area contributed by atoms with Gasteiger partial charge in [0.25, 0.3) is 0 Å². The molecule has 7 heteroatoms. The van der Waals surface area contributed by atoms with Gasteiger partial charge in [-0.05, 0) is 37.1 Å². The lowest BCUT2D eigenvalue weighted by molar-refractivity contribution is -0.170. The van der Waals surface area contributed by atoms with Gasteiger partial charge in [0, 0.05) is 31.4 Å². The van der Waals surface area contributed by atoms with Gasteiger partial charge in [-0.25, -0.2) is 0 Å². The number of alkyl halides is 3. The second-order valence-corrected chi connectivity index (χ2v) is 4.88. The predicted molar refractivity (Wildman–Crippen MR) is 72.1 cm³/mol. The minimum Gasteiger partial charge on any atom is -0.312 e. The van der Waals surface area contributed by atoms with Crippen molar-refractivity contribution < 1.29 is 22.8 Å². The first kappa shape index (κ1) is 15.3. The van der Waals surface area contributed by atoms with E-state index in [2.05, 4.69) is 0 Å². The Kier molecular flexibility index (Phi) is 4.20. The van der Waals surface area contributed by atoms with Crippen molar-refractivity contribution in [2.75, 3.05) is 23.4 Å². The average Bonchev–Trinajstić information content (AvgIpc) is 2.45. The molecule has 0 bridgehead atoms. The third-order valence-corrected chi connectivity index (χ3v) is 3.42. The van der Waals surface area contributed by atoms with E-state index in [-0.39, 0.29) is 11.6 Å². The Labute approximate surface area is 120 Å². The lowest BCUT2D eigenvalue weighted by Gasteiger charge is -2.27. The molecule has 1 aromatic rings. The van der Waals surface area contributed by atoms with E-state index in [0.717, 1.165) is 19.9 Å². The number of hydrogen-bond donors (Lipinski definition) is 0. The van der Waals surface area contributed by atoms with Gasteiger partial charge in [0.2, 0.25) is 5.91 Å². The molecule has 0 unspecified atom stereocenters. The van der Waals surface area contributed by atoms with Crippen molar-refractivity contribution in [2.45, 2.75) is 25.4 Å². The molecular weight excluding hydrogens is 285 g/mol. The van der Waals surface area contributed by atoms with E-state index >= 15 is 0 Å². The van der Waals surface area contributed by atoms with Crippen molar-refractivity contribution >= 4 is 23.2 Å². The van der Waals surface area contributed by atoms with Gasteiger partial charge in [-0.1, -0.05) is 0 Å². The first-order valence-corrected chi connectivity index (χ1v) is 6.56. The lowest BCUT2D eigenvalue weighted by atomic mass is 10.1. The largest absolute Gasteiger partial charge is 0.471 e. The number of hydrogen-bond acceptors (Lipinski definition) is 2. The fourth-order valence-electron chi connectivity index (χ4n) is 2.24. The number of benzene rings is 1. The minimum absolute atomic E-state index is 0.00808. The molecule has 1 aliphatic rings. The molecule has 1 aliphatic heterocycles. The van der Waals surface area contributed by atoms with E-state index in [4.69, 9.17) is 0 Å². The van der Waals surface area contributed by atoms with Gasteiger partial charge in [-0.15, -0.1) is 0 Å².